The van der Waals surface area contributed by atoms with E-state index < -0.39 is 5.97 Å². The van der Waals surface area contributed by atoms with Gasteiger partial charge in [-0.25, -0.2) is 9.48 Å². The van der Waals surface area contributed by atoms with Crippen LogP contribution in [0.4, 0.5) is 0 Å². The zero-order valence-corrected chi connectivity index (χ0v) is 11.3. The molecule has 6 nitrogen and oxygen atoms in total. The van der Waals surface area contributed by atoms with Crippen molar-refractivity contribution in [2.75, 3.05) is 20.3 Å². The van der Waals surface area contributed by atoms with Crippen LogP contribution in [0, 0.1) is 0 Å². The number of methoxy groups -OCH3 is 1. The van der Waals surface area contributed by atoms with Crippen LogP contribution in [0.1, 0.15) is 42.9 Å². The fourth-order valence-electron chi connectivity index (χ4n) is 1.62. The molecule has 0 aromatic carbocycles. The van der Waals surface area contributed by atoms with Gasteiger partial charge in [0.25, 0.3) is 0 Å². The summed E-state index contributed by atoms with van der Waals surface area (Å²) in [5, 5.41) is 7.82. The lowest BCUT2D eigenvalue weighted by molar-refractivity contribution is 0.0592. The van der Waals surface area contributed by atoms with E-state index >= 15 is 0 Å². The number of carbonyl (C=O) groups is 1. The molecule has 0 spiro atoms. The Hall–Kier alpha value is -1.43. The summed E-state index contributed by atoms with van der Waals surface area (Å²) in [4.78, 5) is 11.5. The molecule has 0 saturated heterocycles. The number of hydrogen-bond acceptors (Lipinski definition) is 5. The number of aromatic nitrogens is 3. The van der Waals surface area contributed by atoms with Gasteiger partial charge in [-0.1, -0.05) is 25.5 Å². The molecule has 0 radical (unpaired) electrons. The Kier molecular flexibility index (Phi) is 6.35. The molecule has 6 heteroatoms. The number of unbranched alkanes of at least 4 members (excludes halogenated alkanes) is 1. The van der Waals surface area contributed by atoms with Crippen molar-refractivity contribution >= 4 is 5.97 Å². The molecule has 1 heterocycles. The van der Waals surface area contributed by atoms with Crippen LogP contribution < -0.4 is 0 Å². The molecule has 18 heavy (non-hydrogen) atoms. The molecule has 1 rings (SSSR count). The minimum atomic E-state index is -0.440. The van der Waals surface area contributed by atoms with Crippen LogP contribution in [-0.2, 0) is 22.4 Å². The molecule has 0 aliphatic rings. The maximum Gasteiger partial charge on any atom is 0.360 e. The van der Waals surface area contributed by atoms with Gasteiger partial charge in [0.1, 0.15) is 0 Å². The first-order valence-corrected chi connectivity index (χ1v) is 6.33. The van der Waals surface area contributed by atoms with Crippen molar-refractivity contribution in [2.45, 2.75) is 39.7 Å². The van der Waals surface area contributed by atoms with Crippen molar-refractivity contribution < 1.29 is 14.3 Å². The molecule has 0 saturated carbocycles. The number of esters is 1. The van der Waals surface area contributed by atoms with Crippen molar-refractivity contribution in [1.82, 2.24) is 15.0 Å². The summed E-state index contributed by atoms with van der Waals surface area (Å²) in [7, 11) is 1.34. The molecule has 0 amide bonds. The van der Waals surface area contributed by atoms with E-state index in [1.165, 1.54) is 7.11 Å². The average Bonchev–Trinajstić information content (AvgIpc) is 2.80. The van der Waals surface area contributed by atoms with Gasteiger partial charge in [-0.05, 0) is 12.8 Å². The summed E-state index contributed by atoms with van der Waals surface area (Å²) in [5.41, 5.74) is 1.09. The first-order chi connectivity index (χ1) is 8.74. The van der Waals surface area contributed by atoms with Crippen molar-refractivity contribution in [3.05, 3.63) is 11.4 Å². The normalized spacial score (nSPS) is 10.6. The molecular formula is C12H21N3O3. The highest BCUT2D eigenvalue weighted by Gasteiger charge is 2.18. The lowest BCUT2D eigenvalue weighted by Gasteiger charge is -2.06. The van der Waals surface area contributed by atoms with Crippen molar-refractivity contribution in [3.63, 3.8) is 0 Å². The summed E-state index contributed by atoms with van der Waals surface area (Å²) in [6.45, 7) is 6.03. The minimum absolute atomic E-state index is 0.300. The molecule has 0 fully saturated rings. The summed E-state index contributed by atoms with van der Waals surface area (Å²) < 4.78 is 11.8. The van der Waals surface area contributed by atoms with Crippen LogP contribution >= 0.6 is 0 Å². The molecule has 0 unspecified atom stereocenters. The van der Waals surface area contributed by atoms with E-state index in [2.05, 4.69) is 22.0 Å². The predicted molar refractivity (Wildman–Crippen MR) is 66.5 cm³/mol. The number of hydrogen-bond donors (Lipinski definition) is 0. The number of nitrogens with zero attached hydrogens (tertiary/aromatic N) is 3. The van der Waals surface area contributed by atoms with Crippen LogP contribution in [-0.4, -0.2) is 41.3 Å². The first-order valence-electron chi connectivity index (χ1n) is 6.33. The topological polar surface area (TPSA) is 66.2 Å². The molecular weight excluding hydrogens is 234 g/mol. The fraction of sp³-hybridized carbons (Fsp3) is 0.750. The van der Waals surface area contributed by atoms with E-state index in [1.54, 1.807) is 4.68 Å². The van der Waals surface area contributed by atoms with Gasteiger partial charge in [0.2, 0.25) is 0 Å². The third-order valence-electron chi connectivity index (χ3n) is 2.64. The van der Waals surface area contributed by atoms with Gasteiger partial charge in [-0.15, -0.1) is 5.10 Å². The second-order valence-corrected chi connectivity index (χ2v) is 3.92. The van der Waals surface area contributed by atoms with Gasteiger partial charge >= 0.3 is 5.97 Å². The van der Waals surface area contributed by atoms with Crippen LogP contribution in [0.3, 0.4) is 0 Å². The average molecular weight is 255 g/mol. The standard InChI is InChI=1S/C12H21N3O3/c1-4-6-8-18-9-7-15-10(5-2)11(13-14-15)12(16)17-3/h4-9H2,1-3H3. The van der Waals surface area contributed by atoms with Gasteiger partial charge < -0.3 is 9.47 Å². The number of rotatable bonds is 8. The third kappa shape index (κ3) is 3.80. The largest absolute Gasteiger partial charge is 0.464 e. The highest BCUT2D eigenvalue weighted by atomic mass is 16.5. The van der Waals surface area contributed by atoms with Crippen LogP contribution in [0.2, 0.25) is 0 Å². The van der Waals surface area contributed by atoms with Gasteiger partial charge in [-0.3, -0.25) is 0 Å². The van der Waals surface area contributed by atoms with E-state index in [0.717, 1.165) is 25.1 Å². The Labute approximate surface area is 107 Å². The Balaban J connectivity index is 2.55. The van der Waals surface area contributed by atoms with Gasteiger partial charge in [0.15, 0.2) is 5.69 Å². The smallest absolute Gasteiger partial charge is 0.360 e. The van der Waals surface area contributed by atoms with Gasteiger partial charge in [0.05, 0.1) is 26.0 Å². The summed E-state index contributed by atoms with van der Waals surface area (Å²) in [6, 6.07) is 0. The van der Waals surface area contributed by atoms with Gasteiger partial charge in [0, 0.05) is 6.61 Å². The van der Waals surface area contributed by atoms with E-state index in [4.69, 9.17) is 4.74 Å². The molecule has 1 aromatic heterocycles. The lowest BCUT2D eigenvalue weighted by Crippen LogP contribution is -2.12. The number of ether oxygens (including phenoxy) is 2. The molecule has 0 aliphatic heterocycles. The molecule has 0 N–H and O–H groups in total. The van der Waals surface area contributed by atoms with E-state index in [0.29, 0.717) is 25.3 Å². The summed E-state index contributed by atoms with van der Waals surface area (Å²) in [5.74, 6) is -0.440. The predicted octanol–water partition coefficient (Wildman–Crippen LogP) is 1.44. The lowest BCUT2D eigenvalue weighted by atomic mass is 10.2. The zero-order chi connectivity index (χ0) is 13.4. The Morgan fingerprint density at radius 1 is 1.33 bits per heavy atom. The highest BCUT2D eigenvalue weighted by Crippen LogP contribution is 2.07. The van der Waals surface area contributed by atoms with E-state index in [-0.39, 0.29) is 0 Å². The Morgan fingerprint density at radius 2 is 2.11 bits per heavy atom. The second-order valence-electron chi connectivity index (χ2n) is 3.92. The van der Waals surface area contributed by atoms with Crippen LogP contribution in [0.15, 0.2) is 0 Å². The highest BCUT2D eigenvalue weighted by molar-refractivity contribution is 5.88. The van der Waals surface area contributed by atoms with Gasteiger partial charge in [-0.2, -0.15) is 0 Å². The molecule has 0 atom stereocenters. The quantitative estimate of drug-likeness (QED) is 0.519. The maximum absolute atomic E-state index is 11.5. The van der Waals surface area contributed by atoms with Crippen molar-refractivity contribution in [1.29, 1.82) is 0 Å². The molecule has 0 aliphatic carbocycles. The number of carbonyl (C=O) groups excluding carboxylic acids is 1. The van der Waals surface area contributed by atoms with E-state index in [9.17, 15) is 4.79 Å². The fourth-order valence-corrected chi connectivity index (χ4v) is 1.62. The summed E-state index contributed by atoms with van der Waals surface area (Å²) >= 11 is 0. The second kappa shape index (κ2) is 7.81. The molecule has 102 valence electrons. The monoisotopic (exact) mass is 255 g/mol. The molecule has 0 bridgehead atoms. The Bertz CT molecular complexity index is 377. The first kappa shape index (κ1) is 14.6. The third-order valence-corrected chi connectivity index (χ3v) is 2.64. The zero-order valence-electron chi connectivity index (χ0n) is 11.3. The van der Waals surface area contributed by atoms with E-state index in [1.807, 2.05) is 6.92 Å². The van der Waals surface area contributed by atoms with Crippen LogP contribution in [0.5, 0.6) is 0 Å². The van der Waals surface area contributed by atoms with Crippen molar-refractivity contribution in [3.8, 4) is 0 Å². The summed E-state index contributed by atoms with van der Waals surface area (Å²) in [6.07, 6.45) is 2.87. The molecule has 1 aromatic rings. The van der Waals surface area contributed by atoms with Crippen molar-refractivity contribution in [2.24, 2.45) is 0 Å². The Morgan fingerprint density at radius 3 is 2.72 bits per heavy atom. The van der Waals surface area contributed by atoms with Crippen LogP contribution in [0.25, 0.3) is 0 Å². The maximum atomic E-state index is 11.5. The SMILES string of the molecule is CCCCOCCn1nnc(C(=O)OC)c1CC. The minimum Gasteiger partial charge on any atom is -0.464 e.